The van der Waals surface area contributed by atoms with Gasteiger partial charge in [0.15, 0.2) is 0 Å². The van der Waals surface area contributed by atoms with Gasteiger partial charge in [-0.15, -0.1) is 0 Å². The van der Waals surface area contributed by atoms with Crippen molar-refractivity contribution < 1.29 is 23.9 Å². The van der Waals surface area contributed by atoms with Crippen LogP contribution in [-0.4, -0.2) is 61.1 Å². The fourth-order valence-corrected chi connectivity index (χ4v) is 6.74. The number of fused-ring (bicyclic) bond motifs is 3. The van der Waals surface area contributed by atoms with Crippen molar-refractivity contribution in [3.63, 3.8) is 0 Å². The van der Waals surface area contributed by atoms with E-state index in [0.29, 0.717) is 64.8 Å². The predicted molar refractivity (Wildman–Crippen MR) is 164 cm³/mol. The summed E-state index contributed by atoms with van der Waals surface area (Å²) in [7, 11) is 4.44. The fraction of sp³-hybridized carbons (Fsp3) is 0.333. The van der Waals surface area contributed by atoms with E-state index >= 15 is 0 Å². The molecule has 0 saturated carbocycles. The van der Waals surface area contributed by atoms with Gasteiger partial charge in [-0.25, -0.2) is 0 Å². The molecule has 2 aromatic carbocycles. The number of rotatable bonds is 8. The van der Waals surface area contributed by atoms with E-state index < -0.39 is 4.92 Å². The molecule has 13 heteroatoms. The number of morpholine rings is 1. The topological polar surface area (TPSA) is 118 Å². The normalized spacial score (nSPS) is 17.5. The zero-order valence-corrected chi connectivity index (χ0v) is 25.4. The minimum absolute atomic E-state index is 0.0512. The molecule has 2 unspecified atom stereocenters. The van der Waals surface area contributed by atoms with Crippen LogP contribution < -0.4 is 24.7 Å². The number of benzene rings is 2. The molecule has 4 heterocycles. The molecule has 2 atom stereocenters. The van der Waals surface area contributed by atoms with Crippen LogP contribution in [0.2, 0.25) is 10.0 Å². The van der Waals surface area contributed by atoms with Gasteiger partial charge in [-0.2, -0.15) is 0 Å². The number of aromatic nitrogens is 2. The van der Waals surface area contributed by atoms with Crippen molar-refractivity contribution >= 4 is 45.5 Å². The van der Waals surface area contributed by atoms with E-state index in [1.165, 1.54) is 27.4 Å². The summed E-state index contributed by atoms with van der Waals surface area (Å²) in [5, 5.41) is 13.2. The maximum atomic E-state index is 13.9. The molecular weight excluding hydrogens is 599 g/mol. The Labute approximate surface area is 256 Å². The molecular formula is C30H28Cl2N4O7. The maximum Gasteiger partial charge on any atom is 0.293 e. The number of anilines is 1. The summed E-state index contributed by atoms with van der Waals surface area (Å²) in [6.07, 6.45) is 2.51. The molecule has 0 N–H and O–H groups in total. The van der Waals surface area contributed by atoms with Gasteiger partial charge in [-0.1, -0.05) is 23.2 Å². The number of aryl methyl sites for hydroxylation is 1. The first kappa shape index (κ1) is 29.0. The van der Waals surface area contributed by atoms with Gasteiger partial charge in [-0.05, 0) is 25.5 Å². The lowest BCUT2D eigenvalue weighted by molar-refractivity contribution is -0.384. The molecule has 0 spiro atoms. The molecule has 6 rings (SSSR count). The van der Waals surface area contributed by atoms with Gasteiger partial charge < -0.3 is 28.4 Å². The van der Waals surface area contributed by atoms with Crippen molar-refractivity contribution in [3.8, 4) is 39.6 Å². The van der Waals surface area contributed by atoms with Crippen molar-refractivity contribution in [3.05, 3.63) is 67.0 Å². The molecule has 224 valence electrons. The zero-order valence-electron chi connectivity index (χ0n) is 23.8. The van der Waals surface area contributed by atoms with E-state index in [0.717, 1.165) is 6.42 Å². The van der Waals surface area contributed by atoms with E-state index in [1.54, 1.807) is 35.0 Å². The Morgan fingerprint density at radius 3 is 2.28 bits per heavy atom. The summed E-state index contributed by atoms with van der Waals surface area (Å²) in [4.78, 5) is 32.4. The highest BCUT2D eigenvalue weighted by Gasteiger charge is 2.41. The average molecular weight is 627 g/mol. The lowest BCUT2D eigenvalue weighted by Gasteiger charge is -2.29. The number of nitro groups is 1. The molecule has 2 aromatic heterocycles. The first-order valence-electron chi connectivity index (χ1n) is 13.6. The van der Waals surface area contributed by atoms with Gasteiger partial charge in [0.2, 0.25) is 0 Å². The van der Waals surface area contributed by atoms with Crippen LogP contribution in [0.25, 0.3) is 33.3 Å². The van der Waals surface area contributed by atoms with Crippen LogP contribution in [0, 0.1) is 10.1 Å². The van der Waals surface area contributed by atoms with Crippen LogP contribution in [0.4, 0.5) is 11.4 Å². The molecule has 11 nitrogen and oxygen atoms in total. The number of pyridine rings is 2. The first-order valence-corrected chi connectivity index (χ1v) is 14.3. The number of nitro benzene ring substituents is 1. The zero-order chi connectivity index (χ0) is 30.6. The van der Waals surface area contributed by atoms with Crippen LogP contribution in [0.5, 0.6) is 17.2 Å². The number of hydrogen-bond acceptors (Lipinski definition) is 9. The van der Waals surface area contributed by atoms with E-state index in [9.17, 15) is 14.9 Å². The van der Waals surface area contributed by atoms with Crippen molar-refractivity contribution in [1.82, 2.24) is 9.55 Å². The Bertz CT molecular complexity index is 1820. The van der Waals surface area contributed by atoms with Gasteiger partial charge in [0, 0.05) is 54.0 Å². The third-order valence-corrected chi connectivity index (χ3v) is 8.87. The predicted octanol–water partition coefficient (Wildman–Crippen LogP) is 5.97. The Hall–Kier alpha value is -4.06. The molecule has 2 fully saturated rings. The number of nitrogens with zero attached hydrogens (tertiary/aromatic N) is 4. The molecule has 0 amide bonds. The lowest BCUT2D eigenvalue weighted by atomic mass is 10.0. The summed E-state index contributed by atoms with van der Waals surface area (Å²) < 4.78 is 23.8. The van der Waals surface area contributed by atoms with E-state index in [4.69, 9.17) is 42.1 Å². The van der Waals surface area contributed by atoms with Crippen LogP contribution in [0.3, 0.4) is 0 Å². The highest BCUT2D eigenvalue weighted by atomic mass is 35.5. The Kier molecular flexibility index (Phi) is 7.57. The van der Waals surface area contributed by atoms with E-state index in [1.807, 2.05) is 11.8 Å². The SMILES string of the molecule is CCn1c(=O)c(-c2c(Cl)c(OC)cc(OC)c2Cl)cc2cnc(-c3cc([N+](=O)[O-])c(N4CC5CC4CO5)cc3OC)cc21. The maximum absolute atomic E-state index is 13.9. The second kappa shape index (κ2) is 11.2. The lowest BCUT2D eigenvalue weighted by Crippen LogP contribution is -2.37. The number of ether oxygens (including phenoxy) is 4. The summed E-state index contributed by atoms with van der Waals surface area (Å²) >= 11 is 13.3. The fourth-order valence-electron chi connectivity index (χ4n) is 6.03. The summed E-state index contributed by atoms with van der Waals surface area (Å²) in [6.45, 7) is 3.28. The van der Waals surface area contributed by atoms with Crippen LogP contribution in [0.1, 0.15) is 13.3 Å². The average Bonchev–Trinajstić information content (AvgIpc) is 3.65. The molecule has 43 heavy (non-hydrogen) atoms. The van der Waals surface area contributed by atoms with Crippen molar-refractivity contribution in [1.29, 1.82) is 0 Å². The van der Waals surface area contributed by atoms with Gasteiger partial charge in [-0.3, -0.25) is 19.9 Å². The number of halogens is 2. The monoisotopic (exact) mass is 626 g/mol. The van der Waals surface area contributed by atoms with Crippen molar-refractivity contribution in [2.24, 2.45) is 0 Å². The summed E-state index contributed by atoms with van der Waals surface area (Å²) in [5.41, 5.74) is 2.05. The number of hydrogen-bond donors (Lipinski definition) is 0. The minimum atomic E-state index is -0.393. The molecule has 2 bridgehead atoms. The Morgan fingerprint density at radius 2 is 1.72 bits per heavy atom. The Morgan fingerprint density at radius 1 is 1.02 bits per heavy atom. The largest absolute Gasteiger partial charge is 0.496 e. The smallest absolute Gasteiger partial charge is 0.293 e. The van der Waals surface area contributed by atoms with E-state index in [2.05, 4.69) is 4.98 Å². The molecule has 4 aromatic rings. The molecule has 0 radical (unpaired) electrons. The quantitative estimate of drug-likeness (QED) is 0.172. The second-order valence-electron chi connectivity index (χ2n) is 10.3. The van der Waals surface area contributed by atoms with Gasteiger partial charge in [0.1, 0.15) is 22.9 Å². The molecule has 2 aliphatic rings. The minimum Gasteiger partial charge on any atom is -0.496 e. The van der Waals surface area contributed by atoms with Crippen molar-refractivity contribution in [2.75, 3.05) is 39.4 Å². The standard InChI is InChI=1S/C30H28Cl2N4O7/c1-5-34-21-9-20(18-8-23(36(38)39)22(10-24(18)40-2)35-13-17-7-16(35)14-43-17)33-12-15(21)6-19(30(34)37)27-28(31)25(41-3)11-26(42-4)29(27)32/h6,8-12,16-17H,5,7,13-14H2,1-4H3. The van der Waals surface area contributed by atoms with Gasteiger partial charge >= 0.3 is 0 Å². The first-order chi connectivity index (χ1) is 20.7. The van der Waals surface area contributed by atoms with E-state index in [-0.39, 0.29) is 44.6 Å². The highest BCUT2D eigenvalue weighted by molar-refractivity contribution is 6.41. The highest BCUT2D eigenvalue weighted by Crippen LogP contribution is 2.46. The van der Waals surface area contributed by atoms with Crippen LogP contribution in [-0.2, 0) is 11.3 Å². The third kappa shape index (κ3) is 4.72. The van der Waals surface area contributed by atoms with Crippen LogP contribution >= 0.6 is 23.2 Å². The molecule has 0 aliphatic carbocycles. The number of methoxy groups -OCH3 is 3. The van der Waals surface area contributed by atoms with Crippen molar-refractivity contribution in [2.45, 2.75) is 32.0 Å². The third-order valence-electron chi connectivity index (χ3n) is 8.12. The van der Waals surface area contributed by atoms with Gasteiger partial charge in [0.25, 0.3) is 11.2 Å². The molecule has 2 saturated heterocycles. The summed E-state index contributed by atoms with van der Waals surface area (Å²) in [5.74, 6) is 1.04. The van der Waals surface area contributed by atoms with Gasteiger partial charge in [0.05, 0.1) is 71.8 Å². The van der Waals surface area contributed by atoms with Crippen LogP contribution in [0.15, 0.2) is 41.3 Å². The Balaban J connectivity index is 1.52. The molecule has 2 aliphatic heterocycles. The second-order valence-corrected chi connectivity index (χ2v) is 11.1. The summed E-state index contributed by atoms with van der Waals surface area (Å²) in [6, 6.07) is 8.21.